The van der Waals surface area contributed by atoms with Gasteiger partial charge in [-0.1, -0.05) is 0 Å². The molecule has 30 aliphatic heterocycles. The van der Waals surface area contributed by atoms with Crippen molar-refractivity contribution >= 4 is 175 Å². The van der Waals surface area contributed by atoms with Crippen molar-refractivity contribution < 1.29 is 498 Å². The van der Waals surface area contributed by atoms with Crippen molar-refractivity contribution in [3.63, 3.8) is 0 Å². The molecule has 0 aromatic rings. The van der Waals surface area contributed by atoms with Gasteiger partial charge in [-0.2, -0.15) is 0 Å². The first-order valence-electron chi connectivity index (χ1n) is 36.5. The molecule has 30 rings (SSSR count). The van der Waals surface area contributed by atoms with Crippen LogP contribution < -0.4 is 236 Å². The first kappa shape index (κ1) is 143. The summed E-state index contributed by atoms with van der Waals surface area (Å²) in [4.78, 5) is 0. The van der Waals surface area contributed by atoms with E-state index in [0.29, 0.717) is 0 Å². The topological polar surface area (TPSA) is 929 Å². The Morgan fingerprint density at radius 1 is 0.154 bits per heavy atom. The molecule has 0 spiro atoms. The molecule has 30 fully saturated rings. The average Bonchev–Trinajstić information content (AvgIpc) is 0.769. The number of rotatable bonds is 32. The van der Waals surface area contributed by atoms with E-state index in [1.165, 1.54) is 0 Å². The Morgan fingerprint density at radius 2 is 0.235 bits per heavy atom. The number of aliphatic hydroxyl groups excluding tert-OH is 16. The minimum absolute atomic E-state index is 0. The van der Waals surface area contributed by atoms with E-state index < -0.39 is 413 Å². The summed E-state index contributed by atoms with van der Waals surface area (Å²) in [5, 5.41) is 181. The van der Waals surface area contributed by atoms with Crippen molar-refractivity contribution in [3.8, 4) is 0 Å². The summed E-state index contributed by atoms with van der Waals surface area (Å²) in [6, 6.07) is 0. The van der Waals surface area contributed by atoms with Gasteiger partial charge in [-0.25, -0.2) is 67.3 Å². The van der Waals surface area contributed by atoms with Crippen LogP contribution in [0.2, 0.25) is 0 Å². The fraction of sp³-hybridized carbons (Fsp3) is 1.00. The maximum Gasteiger partial charge on any atom is 1.00 e. The first-order chi connectivity index (χ1) is 59.1. The maximum absolute atomic E-state index is 12.1. The standard InChI is InChI=1S/C56H96O56S16.8Na/c57-25-33(65)49-97-17(1-113-9-121(73,74)75)41(25)105-50-34(66)26(58)43(19(98-50)3-115-11-123(79,80)81)107-52-36(68)28(60)45(21(100-52)5-117-13-125(85,86)87)109-54-38(70)30(62)47(23(102-54)7-119-15-127(91,92)93)111-56-40(72)32(64)48(24(104-56)8-120-16-128(94,95)96)112-55-39(71)31(63)46(22(103-55)6-118-14-126(88,89)90)110-53-37(69)29(61)44(20(101-53)4-116-12-124(82,83)84)108-51-35(67)27(59)42(106-49)18(99-51)2-114-10-122(76,77)78;;;;;;;;/h17-72H,1-16H2,(H,73,74,75)(H,76,77,78)(H,79,80,81)(H,82,83,84)(H,85,86,87)(H,88,89,90)(H,91,92,93)(H,94,95,96);;;;;;;;/q;8*+1/p-8/t17?,18?,19?,20?,21?,22?,23?,24?,25?,26?,27?,28?,29?,30?,31?,32?,33?,34?,35?,36?,37?,38?,39?,40?,41-,42-,43-,44-,45-,46-,47-,48-,49-,50-,51-,52-,53-,54-,55-,56-;;;;;;;;/m1......../s1. The Hall–Kier alpha value is 8.80. The third-order valence-electron chi connectivity index (χ3n) is 19.5. The summed E-state index contributed by atoms with van der Waals surface area (Å²) in [5.74, 6) is -7.22. The SMILES string of the molecule is O=S(=O)([O-])CSCC1O[C@@H]2O[C@@H]3C(CSCS(=O)(=O)[O-])O[C@H](O[C@@H]4C(CSCS(=O)(=O)[O-])O[C@H](O[C@@H]5C(CSCS(=O)(=O)[O-])O[C@H](O[C@@H]6C(CSCS(=O)(=O)[O-])O[C@H](O[C@@H]7C(CSCS(=O)(=O)[O-])O[C@H](O[C@@H]8C(CSCS(=O)(=O)[O-])O[C@H](O[C@@H]9C(CSCS(=O)(=O)[O-])O[C@H](O[C@H]1C(O)C2O)C(O)C9O)C(O)C8O)C(O)C7O)C(O)C6O)C(O)C5O)C(O)C4O)C(O)C3O.[Na+].[Na+].[Na+].[Na+].[Na+].[Na+].[Na+].[Na+]. The second-order valence-electron chi connectivity index (χ2n) is 29.4. The summed E-state index contributed by atoms with van der Waals surface area (Å²) in [6.07, 6.45) is -96.8. The zero-order valence-corrected chi connectivity index (χ0v) is 101. The molecule has 752 valence electrons. The molecule has 0 aromatic carbocycles. The normalized spacial score (nSPS) is 40.3. The summed E-state index contributed by atoms with van der Waals surface area (Å²) in [6.45, 7) is 0. The van der Waals surface area contributed by atoms with Crippen LogP contribution in [0.1, 0.15) is 0 Å². The third-order valence-corrected chi connectivity index (χ3v) is 38.6. The fourth-order valence-electron chi connectivity index (χ4n) is 13.9. The van der Waals surface area contributed by atoms with Gasteiger partial charge in [-0.05, 0) is 0 Å². The Bertz CT molecular complexity index is 3730. The monoisotopic (exact) mass is 2350 g/mol. The molecule has 30 heterocycles. The van der Waals surface area contributed by atoms with Crippen LogP contribution in [0.5, 0.6) is 0 Å². The summed E-state index contributed by atoms with van der Waals surface area (Å²) >= 11 is 1.46. The van der Waals surface area contributed by atoms with E-state index in [1.54, 1.807) is 0 Å². The van der Waals surface area contributed by atoms with Crippen molar-refractivity contribution in [2.24, 2.45) is 0 Å². The first-order valence-corrected chi connectivity index (χ1v) is 58.4. The van der Waals surface area contributed by atoms with Crippen molar-refractivity contribution in [1.29, 1.82) is 0 Å². The summed E-state index contributed by atoms with van der Waals surface area (Å²) in [7, 11) is -41.7. The number of ether oxygens (including phenoxy) is 16. The van der Waals surface area contributed by atoms with E-state index in [0.717, 1.165) is 0 Å². The number of hydrogen-bond acceptors (Lipinski definition) is 64. The second kappa shape index (κ2) is 62.4. The van der Waals surface area contributed by atoms with Crippen LogP contribution in [0.25, 0.3) is 0 Å². The van der Waals surface area contributed by atoms with Crippen LogP contribution in [0, 0.1) is 0 Å². The van der Waals surface area contributed by atoms with Gasteiger partial charge in [-0.3, -0.25) is 0 Å². The van der Waals surface area contributed by atoms with Gasteiger partial charge in [-0.15, -0.1) is 94.1 Å². The predicted octanol–water partition coefficient (Wildman–Crippen LogP) is -39.4. The molecular weight excluding hydrogens is 2270 g/mol. The number of hydrogen-bond donors (Lipinski definition) is 16. The van der Waals surface area contributed by atoms with Crippen LogP contribution in [-0.2, 0) is 157 Å². The van der Waals surface area contributed by atoms with Crippen molar-refractivity contribution in [3.05, 3.63) is 0 Å². The van der Waals surface area contributed by atoms with Crippen LogP contribution in [-0.4, -0.2) is 518 Å². The Morgan fingerprint density at radius 3 is 0.309 bits per heavy atom. The maximum atomic E-state index is 12.1. The molecule has 30 saturated heterocycles. The number of aliphatic hydroxyl groups is 16. The van der Waals surface area contributed by atoms with Crippen LogP contribution in [0.3, 0.4) is 0 Å². The van der Waals surface area contributed by atoms with Crippen LogP contribution in [0.4, 0.5) is 0 Å². The molecule has 16 bridgehead atoms. The van der Waals surface area contributed by atoms with Crippen LogP contribution >= 0.6 is 94.1 Å². The quantitative estimate of drug-likeness (QED) is 0.0220. The van der Waals surface area contributed by atoms with Gasteiger partial charge in [0.15, 0.2) is 50.3 Å². The third kappa shape index (κ3) is 43.5. The molecule has 0 aromatic heterocycles. The molecule has 24 unspecified atom stereocenters. The van der Waals surface area contributed by atoms with Crippen molar-refractivity contribution in [2.45, 2.75) is 246 Å². The Kier molecular flexibility index (Phi) is 65.5. The smallest absolute Gasteiger partial charge is 0.747 e. The molecule has 136 heavy (non-hydrogen) atoms. The predicted molar refractivity (Wildman–Crippen MR) is 421 cm³/mol. The minimum Gasteiger partial charge on any atom is -0.747 e. The van der Waals surface area contributed by atoms with E-state index in [2.05, 4.69) is 0 Å². The molecule has 16 N–H and O–H groups in total. The Labute approximate surface area is 990 Å². The van der Waals surface area contributed by atoms with Crippen molar-refractivity contribution in [2.75, 3.05) is 86.7 Å². The van der Waals surface area contributed by atoms with E-state index in [1.807, 2.05) is 0 Å². The van der Waals surface area contributed by atoms with E-state index in [-0.39, 0.29) is 331 Å². The van der Waals surface area contributed by atoms with Gasteiger partial charge in [0, 0.05) is 46.0 Å². The van der Waals surface area contributed by atoms with Gasteiger partial charge in [0.1, 0.15) is 227 Å². The summed E-state index contributed by atoms with van der Waals surface area (Å²) < 4.78 is 383. The van der Waals surface area contributed by atoms with Gasteiger partial charge in [0.05, 0.1) is 89.5 Å². The zero-order chi connectivity index (χ0) is 95.4. The molecule has 80 heteroatoms. The van der Waals surface area contributed by atoms with E-state index in [4.69, 9.17) is 75.8 Å². The average molecular weight is 2350 g/mol. The fourth-order valence-corrected chi connectivity index (χ4v) is 27.5. The molecular formula is C56H88Na8O56S16. The van der Waals surface area contributed by atoms with E-state index >= 15 is 0 Å². The van der Waals surface area contributed by atoms with Gasteiger partial charge < -0.3 is 194 Å². The molecule has 30 aliphatic rings. The summed E-state index contributed by atoms with van der Waals surface area (Å²) in [5.41, 5.74) is 0. The molecule has 56 nitrogen and oxygen atoms in total. The molecule has 0 amide bonds. The Balaban J connectivity index is 0.0000116. The molecule has 0 saturated carbocycles. The second-order valence-corrected chi connectivity index (χ2v) is 51.8. The number of thioether (sulfide) groups is 8. The van der Waals surface area contributed by atoms with Crippen LogP contribution in [0.15, 0.2) is 0 Å². The van der Waals surface area contributed by atoms with Gasteiger partial charge >= 0.3 is 236 Å². The largest absolute Gasteiger partial charge is 1.00 e. The van der Waals surface area contributed by atoms with E-state index in [9.17, 15) is 185 Å². The van der Waals surface area contributed by atoms with Crippen molar-refractivity contribution in [1.82, 2.24) is 0 Å². The minimum atomic E-state index is -5.22. The van der Waals surface area contributed by atoms with Gasteiger partial charge in [0.2, 0.25) is 0 Å². The molecule has 0 aliphatic carbocycles. The molecule has 40 atom stereocenters. The molecule has 0 radical (unpaired) electrons. The zero-order valence-electron chi connectivity index (χ0n) is 72.4. The van der Waals surface area contributed by atoms with Gasteiger partial charge in [0.25, 0.3) is 0 Å².